The Kier molecular flexibility index (Phi) is 3.18. The first-order valence-corrected chi connectivity index (χ1v) is 5.59. The van der Waals surface area contributed by atoms with E-state index >= 15 is 0 Å². The number of aromatic nitrogens is 2. The van der Waals surface area contributed by atoms with E-state index in [2.05, 4.69) is 10.4 Å². The fraction of sp³-hybridized carbons (Fsp3) is 0.167. The molecule has 1 heterocycles. The van der Waals surface area contributed by atoms with Gasteiger partial charge in [0, 0.05) is 24.1 Å². The van der Waals surface area contributed by atoms with Gasteiger partial charge in [-0.25, -0.2) is 0 Å². The average Bonchev–Trinajstić information content (AvgIpc) is 2.76. The summed E-state index contributed by atoms with van der Waals surface area (Å²) in [7, 11) is 0. The van der Waals surface area contributed by atoms with Crippen molar-refractivity contribution < 1.29 is 4.79 Å². The monoisotopic (exact) mass is 245 g/mol. The zero-order valence-corrected chi connectivity index (χ0v) is 10.1. The van der Waals surface area contributed by atoms with Gasteiger partial charge in [-0.3, -0.25) is 9.48 Å². The molecule has 0 saturated carbocycles. The van der Waals surface area contributed by atoms with Crippen molar-refractivity contribution in [2.24, 2.45) is 0 Å². The van der Waals surface area contributed by atoms with Crippen molar-refractivity contribution in [2.75, 3.05) is 16.8 Å². The molecule has 1 aromatic heterocycles. The van der Waals surface area contributed by atoms with Gasteiger partial charge in [0.2, 0.25) is 0 Å². The van der Waals surface area contributed by atoms with E-state index in [1.807, 2.05) is 6.92 Å². The highest BCUT2D eigenvalue weighted by molar-refractivity contribution is 6.07. The minimum absolute atomic E-state index is 0.275. The van der Waals surface area contributed by atoms with Gasteiger partial charge >= 0.3 is 0 Å². The molecule has 0 spiro atoms. The van der Waals surface area contributed by atoms with Crippen molar-refractivity contribution in [3.8, 4) is 0 Å². The predicted octanol–water partition coefficient (Wildman–Crippen LogP) is 1.32. The van der Waals surface area contributed by atoms with Crippen LogP contribution >= 0.6 is 0 Å². The van der Waals surface area contributed by atoms with Crippen LogP contribution in [-0.4, -0.2) is 15.7 Å². The first-order chi connectivity index (χ1) is 8.60. The zero-order chi connectivity index (χ0) is 13.1. The summed E-state index contributed by atoms with van der Waals surface area (Å²) in [4.78, 5) is 12.0. The van der Waals surface area contributed by atoms with Crippen molar-refractivity contribution in [1.29, 1.82) is 0 Å². The molecule has 0 radical (unpaired) electrons. The van der Waals surface area contributed by atoms with E-state index in [1.165, 1.54) is 0 Å². The number of nitrogen functional groups attached to an aromatic ring is 2. The molecule has 0 bridgehead atoms. The second kappa shape index (κ2) is 4.79. The maximum absolute atomic E-state index is 12.0. The first kappa shape index (κ1) is 12.0. The standard InChI is InChI=1S/C12H15N5O/c1-2-17-7-9(6-15-17)16-12(18)10-4-3-8(13)5-11(10)14/h3-7H,2,13-14H2,1H3,(H,16,18). The van der Waals surface area contributed by atoms with Crippen LogP contribution in [0.25, 0.3) is 0 Å². The molecular formula is C12H15N5O. The smallest absolute Gasteiger partial charge is 0.257 e. The van der Waals surface area contributed by atoms with E-state index < -0.39 is 0 Å². The van der Waals surface area contributed by atoms with Gasteiger partial charge in [-0.1, -0.05) is 0 Å². The number of hydrogen-bond acceptors (Lipinski definition) is 4. The second-order valence-corrected chi connectivity index (χ2v) is 3.89. The highest BCUT2D eigenvalue weighted by Gasteiger charge is 2.10. The van der Waals surface area contributed by atoms with Crippen LogP contribution in [-0.2, 0) is 6.54 Å². The summed E-state index contributed by atoms with van der Waals surface area (Å²) in [5.41, 5.74) is 13.2. The summed E-state index contributed by atoms with van der Waals surface area (Å²) in [5, 5.41) is 6.80. The Morgan fingerprint density at radius 2 is 2.22 bits per heavy atom. The first-order valence-electron chi connectivity index (χ1n) is 5.59. The van der Waals surface area contributed by atoms with Gasteiger partial charge < -0.3 is 16.8 Å². The quantitative estimate of drug-likeness (QED) is 0.710. The lowest BCUT2D eigenvalue weighted by Crippen LogP contribution is -2.13. The van der Waals surface area contributed by atoms with Crippen LogP contribution in [0.3, 0.4) is 0 Å². The lowest BCUT2D eigenvalue weighted by Gasteiger charge is -2.06. The molecule has 94 valence electrons. The molecule has 0 saturated heterocycles. The number of amides is 1. The minimum atomic E-state index is -0.275. The Morgan fingerprint density at radius 1 is 1.44 bits per heavy atom. The Hall–Kier alpha value is -2.50. The highest BCUT2D eigenvalue weighted by atomic mass is 16.1. The lowest BCUT2D eigenvalue weighted by molar-refractivity contribution is 0.102. The Balaban J connectivity index is 2.16. The van der Waals surface area contributed by atoms with Crippen molar-refractivity contribution in [2.45, 2.75) is 13.5 Å². The predicted molar refractivity (Wildman–Crippen MR) is 71.1 cm³/mol. The summed E-state index contributed by atoms with van der Waals surface area (Å²) >= 11 is 0. The van der Waals surface area contributed by atoms with Gasteiger partial charge in [-0.15, -0.1) is 0 Å². The second-order valence-electron chi connectivity index (χ2n) is 3.89. The number of nitrogens with two attached hydrogens (primary N) is 2. The maximum Gasteiger partial charge on any atom is 0.257 e. The number of nitrogens with one attached hydrogen (secondary N) is 1. The van der Waals surface area contributed by atoms with Gasteiger partial charge in [0.25, 0.3) is 5.91 Å². The van der Waals surface area contributed by atoms with Crippen LogP contribution in [0.15, 0.2) is 30.6 Å². The fourth-order valence-corrected chi connectivity index (χ4v) is 1.59. The molecule has 0 aliphatic rings. The van der Waals surface area contributed by atoms with Crippen LogP contribution in [0.4, 0.5) is 17.1 Å². The van der Waals surface area contributed by atoms with Crippen LogP contribution in [0.2, 0.25) is 0 Å². The van der Waals surface area contributed by atoms with Crippen LogP contribution in [0.5, 0.6) is 0 Å². The van der Waals surface area contributed by atoms with Gasteiger partial charge in [0.1, 0.15) is 0 Å². The van der Waals surface area contributed by atoms with Crippen LogP contribution in [0.1, 0.15) is 17.3 Å². The number of hydrogen-bond donors (Lipinski definition) is 3. The summed E-state index contributed by atoms with van der Waals surface area (Å²) in [6.45, 7) is 2.72. The van der Waals surface area contributed by atoms with E-state index in [1.54, 1.807) is 35.3 Å². The van der Waals surface area contributed by atoms with Gasteiger partial charge in [-0.05, 0) is 25.1 Å². The molecule has 0 aliphatic heterocycles. The number of carbonyl (C=O) groups is 1. The number of anilines is 3. The molecule has 1 aromatic carbocycles. The van der Waals surface area contributed by atoms with E-state index in [0.717, 1.165) is 6.54 Å². The molecule has 0 aliphatic carbocycles. The minimum Gasteiger partial charge on any atom is -0.399 e. The third-order valence-electron chi connectivity index (χ3n) is 2.54. The molecule has 0 unspecified atom stereocenters. The topological polar surface area (TPSA) is 99.0 Å². The summed E-state index contributed by atoms with van der Waals surface area (Å²) < 4.78 is 1.72. The third-order valence-corrected chi connectivity index (χ3v) is 2.54. The van der Waals surface area contributed by atoms with Gasteiger partial charge in [0.15, 0.2) is 0 Å². The van der Waals surface area contributed by atoms with Gasteiger partial charge in [0.05, 0.1) is 17.4 Å². The number of nitrogens with zero attached hydrogens (tertiary/aromatic N) is 2. The van der Waals surface area contributed by atoms with Crippen molar-refractivity contribution in [3.63, 3.8) is 0 Å². The maximum atomic E-state index is 12.0. The van der Waals surface area contributed by atoms with Crippen molar-refractivity contribution in [3.05, 3.63) is 36.2 Å². The number of carbonyl (C=O) groups excluding carboxylic acids is 1. The molecule has 5 N–H and O–H groups in total. The zero-order valence-electron chi connectivity index (χ0n) is 10.1. The highest BCUT2D eigenvalue weighted by Crippen LogP contribution is 2.17. The molecule has 6 heteroatoms. The normalized spacial score (nSPS) is 10.3. The number of aryl methyl sites for hydroxylation is 1. The molecule has 1 amide bonds. The Labute approximate surface area is 105 Å². The van der Waals surface area contributed by atoms with Gasteiger partial charge in [-0.2, -0.15) is 5.10 Å². The molecular weight excluding hydrogens is 230 g/mol. The largest absolute Gasteiger partial charge is 0.399 e. The van der Waals surface area contributed by atoms with Crippen LogP contribution in [0, 0.1) is 0 Å². The molecule has 6 nitrogen and oxygen atoms in total. The van der Waals surface area contributed by atoms with Crippen molar-refractivity contribution in [1.82, 2.24) is 9.78 Å². The van der Waals surface area contributed by atoms with E-state index in [-0.39, 0.29) is 5.91 Å². The number of benzene rings is 1. The van der Waals surface area contributed by atoms with Crippen molar-refractivity contribution >= 4 is 23.0 Å². The third kappa shape index (κ3) is 2.42. The van der Waals surface area contributed by atoms with E-state index in [9.17, 15) is 4.79 Å². The van der Waals surface area contributed by atoms with E-state index in [4.69, 9.17) is 11.5 Å². The SMILES string of the molecule is CCn1cc(NC(=O)c2ccc(N)cc2N)cn1. The summed E-state index contributed by atoms with van der Waals surface area (Å²) in [5.74, 6) is -0.275. The molecule has 0 atom stereocenters. The average molecular weight is 245 g/mol. The Morgan fingerprint density at radius 3 is 2.83 bits per heavy atom. The fourth-order valence-electron chi connectivity index (χ4n) is 1.59. The molecule has 2 rings (SSSR count). The van der Waals surface area contributed by atoms with Crippen LogP contribution < -0.4 is 16.8 Å². The summed E-state index contributed by atoms with van der Waals surface area (Å²) in [6.07, 6.45) is 3.35. The number of rotatable bonds is 3. The Bertz CT molecular complexity index is 576. The van der Waals surface area contributed by atoms with E-state index in [0.29, 0.717) is 22.6 Å². The summed E-state index contributed by atoms with van der Waals surface area (Å²) in [6, 6.07) is 4.80. The molecule has 18 heavy (non-hydrogen) atoms. The lowest BCUT2D eigenvalue weighted by atomic mass is 10.1. The molecule has 2 aromatic rings. The molecule has 0 fully saturated rings.